The second-order valence-corrected chi connectivity index (χ2v) is 10.9. The quantitative estimate of drug-likeness (QED) is 0.416. The molecule has 1 aromatic heterocycles. The van der Waals surface area contributed by atoms with Crippen LogP contribution < -0.4 is 5.32 Å². The number of aliphatic hydroxyl groups is 1. The first-order chi connectivity index (χ1) is 18.9. The molecule has 1 aliphatic heterocycles. The normalized spacial score (nSPS) is 20.8. The van der Waals surface area contributed by atoms with E-state index in [-0.39, 0.29) is 31.0 Å². The molecule has 202 valence electrons. The lowest BCUT2D eigenvalue weighted by atomic mass is 9.90. The number of fused-ring (bicyclic) bond motifs is 2. The van der Waals surface area contributed by atoms with Gasteiger partial charge in [0, 0.05) is 24.3 Å². The minimum absolute atomic E-state index is 0.0121. The fraction of sp³-hybridized carbons (Fsp3) is 0.400. The van der Waals surface area contributed by atoms with E-state index in [4.69, 9.17) is 5.11 Å². The molecular weight excluding hydrogens is 494 g/mol. The molecule has 9 nitrogen and oxygen atoms in total. The van der Waals surface area contributed by atoms with Gasteiger partial charge in [-0.25, -0.2) is 4.79 Å². The molecule has 9 heteroatoms. The third kappa shape index (κ3) is 4.61. The van der Waals surface area contributed by atoms with Crippen LogP contribution in [0.4, 0.5) is 4.79 Å². The predicted molar refractivity (Wildman–Crippen MR) is 144 cm³/mol. The molecule has 0 bridgehead atoms. The zero-order valence-electron chi connectivity index (χ0n) is 22.0. The second-order valence-electron chi connectivity index (χ2n) is 10.9. The van der Waals surface area contributed by atoms with E-state index in [2.05, 4.69) is 17.3 Å². The first-order valence-corrected chi connectivity index (χ1v) is 13.6. The Morgan fingerprint density at radius 1 is 1.18 bits per heavy atom. The highest BCUT2D eigenvalue weighted by Crippen LogP contribution is 2.43. The van der Waals surface area contributed by atoms with Crippen LogP contribution in [-0.2, 0) is 34.6 Å². The Morgan fingerprint density at radius 3 is 2.72 bits per heavy atom. The summed E-state index contributed by atoms with van der Waals surface area (Å²) in [5, 5.41) is 16.4. The summed E-state index contributed by atoms with van der Waals surface area (Å²) in [5.41, 5.74) is 3.55. The van der Waals surface area contributed by atoms with Crippen molar-refractivity contribution in [1.82, 2.24) is 24.9 Å². The fourth-order valence-electron chi connectivity index (χ4n) is 6.01. The van der Waals surface area contributed by atoms with E-state index in [1.54, 1.807) is 10.9 Å². The minimum Gasteiger partial charge on any atom is -0.394 e. The van der Waals surface area contributed by atoms with Crippen LogP contribution in [0.3, 0.4) is 0 Å². The summed E-state index contributed by atoms with van der Waals surface area (Å²) in [6.45, 7) is 2.67. The average molecular weight is 528 g/mol. The number of hydrogen-bond acceptors (Lipinski definition) is 5. The molecular formula is C30H33N5O4. The van der Waals surface area contributed by atoms with E-state index in [1.165, 1.54) is 0 Å². The number of carbonyl (C=O) groups excluding carboxylic acids is 3. The first-order valence-electron chi connectivity index (χ1n) is 13.6. The Labute approximate surface area is 227 Å². The maximum absolute atomic E-state index is 13.8. The second kappa shape index (κ2) is 9.96. The number of carbonyl (C=O) groups is 3. The topological polar surface area (TPSA) is 108 Å². The van der Waals surface area contributed by atoms with Crippen LogP contribution in [-0.4, -0.2) is 61.7 Å². The van der Waals surface area contributed by atoms with E-state index in [1.807, 2.05) is 59.6 Å². The van der Waals surface area contributed by atoms with Crippen LogP contribution in [0.15, 0.2) is 60.9 Å². The number of rotatable bonds is 9. The summed E-state index contributed by atoms with van der Waals surface area (Å²) in [4.78, 5) is 43.5. The lowest BCUT2D eigenvalue weighted by Crippen LogP contribution is -2.47. The molecule has 3 aromatic rings. The molecule has 0 unspecified atom stereocenters. The molecule has 2 N–H and O–H groups in total. The van der Waals surface area contributed by atoms with Crippen molar-refractivity contribution in [2.75, 3.05) is 13.2 Å². The molecule has 1 saturated heterocycles. The van der Waals surface area contributed by atoms with Gasteiger partial charge in [0.2, 0.25) is 5.91 Å². The Balaban J connectivity index is 1.21. The van der Waals surface area contributed by atoms with Crippen LogP contribution in [0.5, 0.6) is 0 Å². The third-order valence-corrected chi connectivity index (χ3v) is 8.41. The molecule has 1 spiro atoms. The smallest absolute Gasteiger partial charge is 0.325 e. The van der Waals surface area contributed by atoms with Crippen molar-refractivity contribution in [2.45, 2.75) is 57.3 Å². The Morgan fingerprint density at radius 2 is 1.97 bits per heavy atom. The summed E-state index contributed by atoms with van der Waals surface area (Å²) in [6.07, 6.45) is 6.90. The van der Waals surface area contributed by atoms with Gasteiger partial charge in [-0.3, -0.25) is 19.2 Å². The number of aromatic nitrogens is 2. The van der Waals surface area contributed by atoms with Gasteiger partial charge in [-0.1, -0.05) is 48.5 Å². The molecule has 4 amide bonds. The first kappa shape index (κ1) is 25.3. The van der Waals surface area contributed by atoms with E-state index in [0.717, 1.165) is 45.6 Å². The summed E-state index contributed by atoms with van der Waals surface area (Å²) in [6, 6.07) is 15.2. The van der Waals surface area contributed by atoms with Crippen LogP contribution in [0.1, 0.15) is 42.9 Å². The number of nitrogens with zero attached hydrogens (tertiary/aromatic N) is 4. The van der Waals surface area contributed by atoms with E-state index in [0.29, 0.717) is 31.8 Å². The van der Waals surface area contributed by atoms with Crippen LogP contribution in [0, 0.1) is 5.92 Å². The van der Waals surface area contributed by atoms with Crippen molar-refractivity contribution in [3.05, 3.63) is 77.6 Å². The van der Waals surface area contributed by atoms with Crippen molar-refractivity contribution in [1.29, 1.82) is 0 Å². The molecule has 2 fully saturated rings. The Hall–Kier alpha value is -3.98. The highest BCUT2D eigenvalue weighted by molar-refractivity contribution is 6.10. The molecule has 3 aliphatic rings. The van der Waals surface area contributed by atoms with Gasteiger partial charge in [0.15, 0.2) is 0 Å². The van der Waals surface area contributed by atoms with E-state index < -0.39 is 11.6 Å². The van der Waals surface area contributed by atoms with E-state index >= 15 is 0 Å². The molecule has 2 heterocycles. The Kier molecular flexibility index (Phi) is 6.46. The van der Waals surface area contributed by atoms with Gasteiger partial charge < -0.3 is 15.3 Å². The minimum atomic E-state index is -1.14. The van der Waals surface area contributed by atoms with Gasteiger partial charge in [0.1, 0.15) is 12.1 Å². The number of aryl methyl sites for hydroxylation is 1. The third-order valence-electron chi connectivity index (χ3n) is 8.41. The number of benzene rings is 2. The number of urea groups is 1. The fourth-order valence-corrected chi connectivity index (χ4v) is 6.01. The van der Waals surface area contributed by atoms with Gasteiger partial charge in [-0.2, -0.15) is 5.10 Å². The van der Waals surface area contributed by atoms with Crippen LogP contribution in [0.2, 0.25) is 0 Å². The molecule has 2 aliphatic carbocycles. The number of nitrogens with one attached hydrogen (secondary N) is 1. The number of hydrogen-bond donors (Lipinski definition) is 2. The van der Waals surface area contributed by atoms with Crippen molar-refractivity contribution < 1.29 is 19.5 Å². The molecule has 6 rings (SSSR count). The zero-order chi connectivity index (χ0) is 27.1. The van der Waals surface area contributed by atoms with Crippen molar-refractivity contribution in [3.63, 3.8) is 0 Å². The largest absolute Gasteiger partial charge is 0.394 e. The monoisotopic (exact) mass is 527 g/mol. The van der Waals surface area contributed by atoms with Gasteiger partial charge in [0.25, 0.3) is 5.91 Å². The zero-order valence-corrected chi connectivity index (χ0v) is 22.0. The maximum atomic E-state index is 13.8. The van der Waals surface area contributed by atoms with Gasteiger partial charge >= 0.3 is 6.03 Å². The van der Waals surface area contributed by atoms with Crippen molar-refractivity contribution >= 4 is 17.8 Å². The van der Waals surface area contributed by atoms with Crippen LogP contribution >= 0.6 is 0 Å². The van der Waals surface area contributed by atoms with Gasteiger partial charge in [-0.05, 0) is 60.8 Å². The standard InChI is InChI=1S/C30H33N5O4/c1-20(22-7-8-22)34(17-21-5-3-2-4-6-21)27(37)19-35-28(38)30(32-29(35)39)12-11-24-15-23(9-10-26(24)30)25-16-31-33(18-25)13-14-36/h2-6,9-10,15-16,18,20,22,36H,7-8,11-14,17,19H2,1H3,(H,32,39)/t20-,30-/m0/s1. The highest BCUT2D eigenvalue weighted by Gasteiger charge is 2.56. The average Bonchev–Trinajstić information content (AvgIpc) is 3.52. The summed E-state index contributed by atoms with van der Waals surface area (Å²) in [7, 11) is 0. The summed E-state index contributed by atoms with van der Waals surface area (Å²) in [5.74, 6) is -0.118. The molecule has 39 heavy (non-hydrogen) atoms. The maximum Gasteiger partial charge on any atom is 0.325 e. The van der Waals surface area contributed by atoms with Gasteiger partial charge in [-0.15, -0.1) is 0 Å². The Bertz CT molecular complexity index is 1420. The predicted octanol–water partition coefficient (Wildman–Crippen LogP) is 3.06. The SMILES string of the molecule is C[C@@H](C1CC1)N(Cc1ccccc1)C(=O)CN1C(=O)N[C@]2(CCc3cc(-c4cnn(CCO)c4)ccc32)C1=O. The molecule has 2 aromatic carbocycles. The number of amides is 4. The van der Waals surface area contributed by atoms with Crippen LogP contribution in [0.25, 0.3) is 11.1 Å². The highest BCUT2D eigenvalue weighted by atomic mass is 16.3. The molecule has 1 saturated carbocycles. The van der Waals surface area contributed by atoms with Crippen molar-refractivity contribution in [2.24, 2.45) is 5.92 Å². The summed E-state index contributed by atoms with van der Waals surface area (Å²) >= 11 is 0. The number of imide groups is 1. The lowest BCUT2D eigenvalue weighted by molar-refractivity contribution is -0.141. The number of aliphatic hydroxyl groups excluding tert-OH is 1. The summed E-state index contributed by atoms with van der Waals surface area (Å²) < 4.78 is 1.69. The molecule has 2 atom stereocenters. The van der Waals surface area contributed by atoms with E-state index in [9.17, 15) is 14.4 Å². The molecule has 0 radical (unpaired) electrons. The van der Waals surface area contributed by atoms with Crippen molar-refractivity contribution in [3.8, 4) is 11.1 Å². The lowest BCUT2D eigenvalue weighted by Gasteiger charge is -2.31. The van der Waals surface area contributed by atoms with Gasteiger partial charge in [0.05, 0.1) is 19.3 Å².